The lowest BCUT2D eigenvalue weighted by Crippen LogP contribution is -2.51. The number of hydrogen-bond acceptors (Lipinski definition) is 7. The number of likely N-dealkylation sites (tertiary alicyclic amines) is 1. The second-order valence-corrected chi connectivity index (χ2v) is 11.4. The molecule has 0 radical (unpaired) electrons. The zero-order valence-corrected chi connectivity index (χ0v) is 21.4. The predicted molar refractivity (Wildman–Crippen MR) is 136 cm³/mol. The number of hydrogen-bond donors (Lipinski definition) is 0. The highest BCUT2D eigenvalue weighted by Crippen LogP contribution is 2.43. The van der Waals surface area contributed by atoms with Crippen LogP contribution in [0.15, 0.2) is 36.9 Å². The summed E-state index contributed by atoms with van der Waals surface area (Å²) in [4.78, 5) is 6.92. The zero-order valence-electron chi connectivity index (χ0n) is 20.6. The normalized spacial score (nSPS) is 19.8. The Balaban J connectivity index is 1.12. The van der Waals surface area contributed by atoms with Crippen LogP contribution < -0.4 is 4.74 Å². The van der Waals surface area contributed by atoms with E-state index in [-0.39, 0.29) is 6.04 Å². The maximum absolute atomic E-state index is 12.6. The SMILES string of the molecule is FC(F)(F)CN1CC(n2cc(-c3cc4nccc(Oc5cn(C6CC6)nc5C5CCOCC5)c4s3)cn2)C1. The molecule has 12 heteroatoms. The quantitative estimate of drug-likeness (QED) is 0.293. The summed E-state index contributed by atoms with van der Waals surface area (Å²) in [5.41, 5.74) is 2.75. The highest BCUT2D eigenvalue weighted by molar-refractivity contribution is 7.22. The first-order valence-electron chi connectivity index (χ1n) is 13.0. The van der Waals surface area contributed by atoms with Gasteiger partial charge < -0.3 is 9.47 Å². The molecule has 6 heterocycles. The van der Waals surface area contributed by atoms with Crippen LogP contribution >= 0.6 is 11.3 Å². The second kappa shape index (κ2) is 9.35. The lowest BCUT2D eigenvalue weighted by atomic mass is 9.96. The van der Waals surface area contributed by atoms with Gasteiger partial charge in [0.2, 0.25) is 0 Å². The fraction of sp³-hybridized carbons (Fsp3) is 0.500. The van der Waals surface area contributed by atoms with Crippen LogP contribution in [0.4, 0.5) is 13.2 Å². The molecule has 4 aromatic heterocycles. The summed E-state index contributed by atoms with van der Waals surface area (Å²) < 4.78 is 54.7. The van der Waals surface area contributed by atoms with E-state index < -0.39 is 12.7 Å². The lowest BCUT2D eigenvalue weighted by Gasteiger charge is -2.39. The van der Waals surface area contributed by atoms with E-state index in [0.717, 1.165) is 76.7 Å². The molecule has 8 nitrogen and oxygen atoms in total. The summed E-state index contributed by atoms with van der Waals surface area (Å²) in [6.45, 7) is 1.29. The van der Waals surface area contributed by atoms with Crippen LogP contribution in [0.3, 0.4) is 0 Å². The maximum Gasteiger partial charge on any atom is 0.401 e. The molecule has 3 aliphatic rings. The van der Waals surface area contributed by atoms with Crippen LogP contribution in [-0.2, 0) is 4.74 Å². The van der Waals surface area contributed by atoms with E-state index in [4.69, 9.17) is 14.6 Å². The number of aromatic nitrogens is 5. The van der Waals surface area contributed by atoms with Gasteiger partial charge in [0.25, 0.3) is 0 Å². The Morgan fingerprint density at radius 1 is 1.03 bits per heavy atom. The summed E-state index contributed by atoms with van der Waals surface area (Å²) in [6.07, 6.45) is 7.46. The van der Waals surface area contributed by atoms with Crippen molar-refractivity contribution in [2.24, 2.45) is 0 Å². The molecule has 0 spiro atoms. The van der Waals surface area contributed by atoms with E-state index in [0.29, 0.717) is 25.0 Å². The Bertz CT molecular complexity index is 1450. The van der Waals surface area contributed by atoms with Gasteiger partial charge >= 0.3 is 6.18 Å². The van der Waals surface area contributed by atoms with Gasteiger partial charge in [-0.05, 0) is 31.7 Å². The third kappa shape index (κ3) is 4.80. The van der Waals surface area contributed by atoms with Crippen molar-refractivity contribution < 1.29 is 22.6 Å². The number of ether oxygens (including phenoxy) is 2. The van der Waals surface area contributed by atoms with Gasteiger partial charge in [0, 0.05) is 61.1 Å². The highest BCUT2D eigenvalue weighted by Gasteiger charge is 2.38. The maximum atomic E-state index is 12.6. The summed E-state index contributed by atoms with van der Waals surface area (Å²) in [5.74, 6) is 1.86. The first-order chi connectivity index (χ1) is 18.4. The van der Waals surface area contributed by atoms with E-state index >= 15 is 0 Å². The average molecular weight is 545 g/mol. The molecule has 200 valence electrons. The number of fused-ring (bicyclic) bond motifs is 1. The molecule has 0 unspecified atom stereocenters. The van der Waals surface area contributed by atoms with Gasteiger partial charge in [-0.25, -0.2) is 0 Å². The monoisotopic (exact) mass is 544 g/mol. The van der Waals surface area contributed by atoms with Crippen molar-refractivity contribution in [3.8, 4) is 21.9 Å². The van der Waals surface area contributed by atoms with Gasteiger partial charge in [0.05, 0.1) is 41.2 Å². The molecule has 0 bridgehead atoms. The molecule has 7 rings (SSSR count). The smallest absolute Gasteiger partial charge is 0.401 e. The molecule has 2 saturated heterocycles. The lowest BCUT2D eigenvalue weighted by molar-refractivity contribution is -0.157. The molecule has 4 aromatic rings. The van der Waals surface area contributed by atoms with Crippen molar-refractivity contribution in [1.82, 2.24) is 29.4 Å². The van der Waals surface area contributed by atoms with Crippen molar-refractivity contribution >= 4 is 21.6 Å². The van der Waals surface area contributed by atoms with Crippen LogP contribution in [0.5, 0.6) is 11.5 Å². The molecular formula is C26H27F3N6O2S. The topological polar surface area (TPSA) is 70.2 Å². The van der Waals surface area contributed by atoms with Crippen LogP contribution in [0.25, 0.3) is 20.7 Å². The van der Waals surface area contributed by atoms with Crippen molar-refractivity contribution in [3.05, 3.63) is 42.6 Å². The number of pyridine rings is 1. The van der Waals surface area contributed by atoms with Crippen LogP contribution in [0.1, 0.15) is 49.4 Å². The fourth-order valence-electron chi connectivity index (χ4n) is 5.26. The summed E-state index contributed by atoms with van der Waals surface area (Å²) in [5, 5.41) is 9.37. The second-order valence-electron chi connectivity index (χ2n) is 10.4. The van der Waals surface area contributed by atoms with E-state index in [1.807, 2.05) is 24.5 Å². The van der Waals surface area contributed by atoms with Gasteiger partial charge in [-0.2, -0.15) is 23.4 Å². The van der Waals surface area contributed by atoms with Crippen LogP contribution in [-0.4, -0.2) is 68.5 Å². The van der Waals surface area contributed by atoms with Crippen LogP contribution in [0.2, 0.25) is 0 Å². The molecule has 38 heavy (non-hydrogen) atoms. The van der Waals surface area contributed by atoms with Crippen molar-refractivity contribution in [2.75, 3.05) is 32.8 Å². The number of alkyl halides is 3. The Hall–Kier alpha value is -2.96. The summed E-state index contributed by atoms with van der Waals surface area (Å²) in [6, 6.07) is 4.31. The van der Waals surface area contributed by atoms with Gasteiger partial charge in [0.15, 0.2) is 5.75 Å². The average Bonchev–Trinajstić information content (AvgIpc) is 3.26. The van der Waals surface area contributed by atoms with E-state index in [1.54, 1.807) is 28.4 Å². The van der Waals surface area contributed by atoms with Gasteiger partial charge in [-0.3, -0.25) is 19.2 Å². The van der Waals surface area contributed by atoms with Crippen molar-refractivity contribution in [3.63, 3.8) is 0 Å². The Morgan fingerprint density at radius 2 is 1.84 bits per heavy atom. The molecule has 1 aliphatic carbocycles. The van der Waals surface area contributed by atoms with Crippen LogP contribution in [0, 0.1) is 0 Å². The minimum Gasteiger partial charge on any atom is -0.452 e. The summed E-state index contributed by atoms with van der Waals surface area (Å²) >= 11 is 1.57. The first kappa shape index (κ1) is 24.1. The molecule has 0 atom stereocenters. The van der Waals surface area contributed by atoms with Gasteiger partial charge in [0.1, 0.15) is 11.4 Å². The minimum absolute atomic E-state index is 0.0517. The predicted octanol–water partition coefficient (Wildman–Crippen LogP) is 5.80. The van der Waals surface area contributed by atoms with Gasteiger partial charge in [-0.1, -0.05) is 0 Å². The van der Waals surface area contributed by atoms with Gasteiger partial charge in [-0.15, -0.1) is 11.3 Å². The molecule has 0 amide bonds. The third-order valence-electron chi connectivity index (χ3n) is 7.45. The number of rotatable bonds is 7. The molecule has 0 aromatic carbocycles. The van der Waals surface area contributed by atoms with E-state index in [2.05, 4.69) is 14.8 Å². The molecule has 2 aliphatic heterocycles. The van der Waals surface area contributed by atoms with Crippen molar-refractivity contribution in [2.45, 2.75) is 49.9 Å². The van der Waals surface area contributed by atoms with E-state index in [1.165, 1.54) is 4.90 Å². The Labute approximate surface area is 221 Å². The highest BCUT2D eigenvalue weighted by atomic mass is 32.1. The largest absolute Gasteiger partial charge is 0.452 e. The molecule has 1 saturated carbocycles. The minimum atomic E-state index is -4.17. The first-order valence-corrected chi connectivity index (χ1v) is 13.8. The Morgan fingerprint density at radius 3 is 2.61 bits per heavy atom. The standard InChI is InChI=1S/C26H27F3N6O2S/c27-26(28,29)15-33-12-19(13-33)34-11-17(10-31-34)23-9-20-25(38-23)21(3-6-30-20)37-22-14-35(18-1-2-18)32-24(22)16-4-7-36-8-5-16/h3,6,9-11,14,16,18-19H,1-2,4-5,7-8,12-13,15H2. The Kier molecular flexibility index (Phi) is 5.93. The zero-order chi connectivity index (χ0) is 25.9. The number of thiophene rings is 1. The molecule has 0 N–H and O–H groups in total. The summed E-state index contributed by atoms with van der Waals surface area (Å²) in [7, 11) is 0. The molecular weight excluding hydrogens is 517 g/mol. The van der Waals surface area contributed by atoms with Crippen molar-refractivity contribution in [1.29, 1.82) is 0 Å². The number of nitrogens with zero attached hydrogens (tertiary/aromatic N) is 6. The van der Waals surface area contributed by atoms with E-state index in [9.17, 15) is 13.2 Å². The molecule has 3 fully saturated rings. The fourth-order valence-corrected chi connectivity index (χ4v) is 6.30. The number of halogens is 3. The third-order valence-corrected chi connectivity index (χ3v) is 8.64.